The van der Waals surface area contributed by atoms with Gasteiger partial charge in [0.05, 0.1) is 23.7 Å². The van der Waals surface area contributed by atoms with E-state index in [0.717, 1.165) is 16.9 Å². The number of hydrogen-bond donors (Lipinski definition) is 1. The van der Waals surface area contributed by atoms with Crippen LogP contribution in [0.1, 0.15) is 99.3 Å². The number of ether oxygens (including phenoxy) is 2. The van der Waals surface area contributed by atoms with Crippen LogP contribution in [-0.4, -0.2) is 124 Å². The van der Waals surface area contributed by atoms with Crippen molar-refractivity contribution < 1.29 is 62.6 Å². The van der Waals surface area contributed by atoms with E-state index in [0.29, 0.717) is 42.7 Å². The highest BCUT2D eigenvalue weighted by atomic mass is 16.7. The number of carbonyl (C=O) groups is 8. The van der Waals surface area contributed by atoms with Crippen LogP contribution in [0.15, 0.2) is 24.3 Å². The summed E-state index contributed by atoms with van der Waals surface area (Å²) < 4.78 is 11.9. The fraction of sp³-hybridized carbons (Fsp3) is 0.667. The van der Waals surface area contributed by atoms with Crippen molar-refractivity contribution in [1.82, 2.24) is 19.9 Å². The van der Waals surface area contributed by atoms with Crippen LogP contribution in [0.25, 0.3) is 0 Å². The Balaban J connectivity index is 0.000000834. The van der Waals surface area contributed by atoms with Crippen molar-refractivity contribution in [3.05, 3.63) is 24.3 Å². The summed E-state index contributed by atoms with van der Waals surface area (Å²) in [6, 6.07) is 0. The molecule has 1 unspecified atom stereocenters. The van der Waals surface area contributed by atoms with Gasteiger partial charge in [-0.3, -0.25) is 38.5 Å². The fourth-order valence-electron chi connectivity index (χ4n) is 5.02. The molecule has 0 spiro atoms. The van der Waals surface area contributed by atoms with E-state index in [1.54, 1.807) is 18.7 Å². The van der Waals surface area contributed by atoms with Gasteiger partial charge in [-0.05, 0) is 67.2 Å². The summed E-state index contributed by atoms with van der Waals surface area (Å²) in [6.45, 7) is 15.8. The van der Waals surface area contributed by atoms with Crippen LogP contribution in [0, 0.1) is 5.41 Å². The minimum absolute atomic E-state index is 0.00364. The van der Waals surface area contributed by atoms with Gasteiger partial charge in [0.1, 0.15) is 0 Å². The van der Waals surface area contributed by atoms with Crippen LogP contribution in [0.4, 0.5) is 0 Å². The lowest BCUT2D eigenvalue weighted by Crippen LogP contribution is -2.41. The third-order valence-corrected chi connectivity index (χ3v) is 8.67. The molecule has 2 saturated heterocycles. The second kappa shape index (κ2) is 20.8. The number of hydroxylamine groups is 4. The van der Waals surface area contributed by atoms with Crippen LogP contribution in [0.2, 0.25) is 0 Å². The maximum atomic E-state index is 13.2. The standard InChI is InChI=1S/C31H47N3O9.C5H7NO4/c1-22(2)14-20-41-23(3)12-17-32(24(35)13-18-33-25(36)8-9-26(33)37)19-15-31(6,7)42-21-16-30(4,5)29(40)43-34-27(38)10-11-28(34)39;7-3-10-6-4(8)1-2-5(6)9/h8-9,23H,1,10-21H2,2-7H3;7H,1-3H2. The van der Waals surface area contributed by atoms with Crippen molar-refractivity contribution in [3.63, 3.8) is 0 Å². The zero-order valence-corrected chi connectivity index (χ0v) is 31.7. The van der Waals surface area contributed by atoms with Crippen molar-refractivity contribution >= 4 is 47.3 Å². The number of aliphatic hydroxyl groups excluding tert-OH is 1. The highest BCUT2D eigenvalue weighted by Gasteiger charge is 2.38. The van der Waals surface area contributed by atoms with Crippen molar-refractivity contribution in [1.29, 1.82) is 0 Å². The van der Waals surface area contributed by atoms with Crippen molar-refractivity contribution in [2.45, 2.75) is 111 Å². The Kier molecular flexibility index (Phi) is 17.6. The second-order valence-corrected chi connectivity index (χ2v) is 14.3. The fourth-order valence-corrected chi connectivity index (χ4v) is 5.02. The van der Waals surface area contributed by atoms with Gasteiger partial charge < -0.3 is 24.3 Å². The molecular weight excluding hydrogens is 696 g/mol. The summed E-state index contributed by atoms with van der Waals surface area (Å²) in [5.41, 5.74) is -0.641. The first-order valence-corrected chi connectivity index (χ1v) is 17.7. The number of carbonyl (C=O) groups excluding carboxylic acids is 8. The Morgan fingerprint density at radius 2 is 1.40 bits per heavy atom. The highest BCUT2D eigenvalue weighted by Crippen LogP contribution is 2.27. The largest absolute Gasteiger partial charge is 0.378 e. The molecule has 0 saturated carbocycles. The van der Waals surface area contributed by atoms with Crippen molar-refractivity contribution in [2.75, 3.05) is 39.6 Å². The molecule has 3 aliphatic heterocycles. The molecule has 0 aromatic carbocycles. The molecule has 1 N–H and O–H groups in total. The summed E-state index contributed by atoms with van der Waals surface area (Å²) in [5, 5.41) is 9.33. The molecular formula is C36H54N4O13. The normalized spacial score (nSPS) is 16.8. The molecule has 0 aliphatic carbocycles. The molecule has 0 aromatic rings. The number of aliphatic hydroxyl groups is 1. The van der Waals surface area contributed by atoms with Gasteiger partial charge in [-0.1, -0.05) is 5.57 Å². The van der Waals surface area contributed by atoms with E-state index in [4.69, 9.17) is 19.4 Å². The second-order valence-electron chi connectivity index (χ2n) is 14.3. The van der Waals surface area contributed by atoms with E-state index in [2.05, 4.69) is 11.4 Å². The van der Waals surface area contributed by atoms with E-state index in [1.165, 1.54) is 12.2 Å². The van der Waals surface area contributed by atoms with E-state index in [9.17, 15) is 38.4 Å². The zero-order chi connectivity index (χ0) is 39.9. The minimum Gasteiger partial charge on any atom is -0.378 e. The summed E-state index contributed by atoms with van der Waals surface area (Å²) in [5.74, 6) is -3.58. The molecule has 2 fully saturated rings. The Morgan fingerprint density at radius 1 is 0.849 bits per heavy atom. The van der Waals surface area contributed by atoms with Crippen molar-refractivity contribution in [2.24, 2.45) is 5.41 Å². The van der Waals surface area contributed by atoms with Gasteiger partial charge in [0.25, 0.3) is 35.4 Å². The maximum absolute atomic E-state index is 13.2. The Labute approximate surface area is 310 Å². The molecule has 17 heteroatoms. The van der Waals surface area contributed by atoms with Gasteiger partial charge in [0.15, 0.2) is 6.79 Å². The molecule has 0 radical (unpaired) electrons. The zero-order valence-electron chi connectivity index (χ0n) is 31.7. The van der Waals surface area contributed by atoms with Gasteiger partial charge in [0, 0.05) is 70.5 Å². The minimum atomic E-state index is -1.01. The number of nitrogens with zero attached hydrogens (tertiary/aromatic N) is 4. The van der Waals surface area contributed by atoms with Crippen LogP contribution in [-0.2, 0) is 57.5 Å². The van der Waals surface area contributed by atoms with Crippen LogP contribution in [0.3, 0.4) is 0 Å². The van der Waals surface area contributed by atoms with E-state index >= 15 is 0 Å². The van der Waals surface area contributed by atoms with Crippen LogP contribution in [0.5, 0.6) is 0 Å². The van der Waals surface area contributed by atoms with Gasteiger partial charge >= 0.3 is 5.97 Å². The first kappa shape index (κ1) is 44.8. The third-order valence-electron chi connectivity index (χ3n) is 8.67. The highest BCUT2D eigenvalue weighted by molar-refractivity contribution is 6.13. The molecule has 0 bridgehead atoms. The Morgan fingerprint density at radius 3 is 1.92 bits per heavy atom. The molecule has 1 atom stereocenters. The predicted molar refractivity (Wildman–Crippen MR) is 186 cm³/mol. The van der Waals surface area contributed by atoms with Gasteiger partial charge in [-0.25, -0.2) is 9.63 Å². The van der Waals surface area contributed by atoms with Crippen LogP contribution >= 0.6 is 0 Å². The Hall–Kier alpha value is -4.32. The Bertz CT molecular complexity index is 1370. The lowest BCUT2D eigenvalue weighted by molar-refractivity contribution is -0.208. The lowest BCUT2D eigenvalue weighted by Gasteiger charge is -2.32. The monoisotopic (exact) mass is 750 g/mol. The molecule has 0 aromatic heterocycles. The SMILES string of the molecule is C=C(C)CCOC(C)CCN(CCC(C)(C)OCCC(C)(C)C(=O)ON1C(=O)CCC1=O)C(=O)CCN1C(=O)C=CC1=O.O=C1CCC(=O)N1OCO. The molecule has 17 nitrogen and oxygen atoms in total. The quantitative estimate of drug-likeness (QED) is 0.102. The topological polar surface area (TPSA) is 207 Å². The average Bonchev–Trinajstić information content (AvgIpc) is 3.70. The first-order valence-electron chi connectivity index (χ1n) is 17.7. The number of hydrogen-bond acceptors (Lipinski definition) is 13. The van der Waals surface area contributed by atoms with E-state index < -0.39 is 47.4 Å². The predicted octanol–water partition coefficient (Wildman–Crippen LogP) is 2.12. The van der Waals surface area contributed by atoms with Crippen LogP contribution < -0.4 is 0 Å². The number of imide groups is 3. The van der Waals surface area contributed by atoms with E-state index in [1.807, 2.05) is 27.7 Å². The molecule has 3 rings (SSSR count). The van der Waals surface area contributed by atoms with Gasteiger partial charge in [-0.2, -0.15) is 5.06 Å². The summed E-state index contributed by atoms with van der Waals surface area (Å²) in [4.78, 5) is 107. The van der Waals surface area contributed by atoms with Crippen molar-refractivity contribution in [3.8, 4) is 0 Å². The summed E-state index contributed by atoms with van der Waals surface area (Å²) >= 11 is 0. The molecule has 296 valence electrons. The number of amides is 7. The molecule has 7 amide bonds. The van der Waals surface area contributed by atoms with Gasteiger partial charge in [-0.15, -0.1) is 11.6 Å². The maximum Gasteiger partial charge on any atom is 0.338 e. The smallest absolute Gasteiger partial charge is 0.338 e. The summed E-state index contributed by atoms with van der Waals surface area (Å²) in [6.07, 6.45) is 4.83. The van der Waals surface area contributed by atoms with Gasteiger partial charge in [0.2, 0.25) is 5.91 Å². The molecule has 53 heavy (non-hydrogen) atoms. The molecule has 3 heterocycles. The summed E-state index contributed by atoms with van der Waals surface area (Å²) in [7, 11) is 0. The average molecular weight is 751 g/mol. The lowest BCUT2D eigenvalue weighted by atomic mass is 9.90. The number of rotatable bonds is 21. The molecule has 3 aliphatic rings. The first-order chi connectivity index (χ1) is 24.8. The van der Waals surface area contributed by atoms with E-state index in [-0.39, 0.29) is 75.5 Å². The third kappa shape index (κ3) is 14.9.